The quantitative estimate of drug-likeness (QED) is 0.471. The van der Waals surface area contributed by atoms with Gasteiger partial charge in [0.1, 0.15) is 0 Å². The van der Waals surface area contributed by atoms with Gasteiger partial charge in [-0.1, -0.05) is 0 Å². The van der Waals surface area contributed by atoms with Gasteiger partial charge in [0.05, 0.1) is 0 Å². The van der Waals surface area contributed by atoms with Crippen LogP contribution in [0.3, 0.4) is 0 Å². The Kier molecular flexibility index (Phi) is 5.51. The molecule has 61 valence electrons. The molecule has 10 heavy (non-hydrogen) atoms. The number of hydrogen-bond acceptors (Lipinski definition) is 0. The molecule has 0 aliphatic heterocycles. The molecule has 0 aromatic carbocycles. The number of rotatable bonds is 5. The first-order chi connectivity index (χ1) is 4.56. The molecule has 0 bridgehead atoms. The molecule has 0 spiro atoms. The van der Waals surface area contributed by atoms with Gasteiger partial charge in [-0.05, 0) is 0 Å². The van der Waals surface area contributed by atoms with Crippen LogP contribution in [-0.2, 0) is 0 Å². The molecule has 0 aliphatic carbocycles. The van der Waals surface area contributed by atoms with Crippen molar-refractivity contribution in [2.45, 2.75) is 49.9 Å². The zero-order chi connectivity index (χ0) is 8.04. The van der Waals surface area contributed by atoms with E-state index in [9.17, 15) is 0 Å². The molecule has 0 amide bonds. The predicted molar refractivity (Wildman–Crippen MR) is 51.8 cm³/mol. The number of unbranched alkanes of at least 4 members (excludes halogenated alkanes) is 3. The van der Waals surface area contributed by atoms with Crippen molar-refractivity contribution in [2.75, 3.05) is 0 Å². The third kappa shape index (κ3) is 8.54. The van der Waals surface area contributed by atoms with Gasteiger partial charge in [0.15, 0.2) is 0 Å². The zero-order valence-corrected chi connectivity index (χ0v) is 10.0. The summed E-state index contributed by atoms with van der Waals surface area (Å²) >= 11 is -1.27. The summed E-state index contributed by atoms with van der Waals surface area (Å²) in [6.45, 7) is 2.26. The SMILES string of the molecule is CCCCC[CH][Ge]([CH3])([CH3])[CH3]. The third-order valence-electron chi connectivity index (χ3n) is 1.56. The molecular weight excluding hydrogens is 181 g/mol. The second-order valence-corrected chi connectivity index (χ2v) is 14.9. The van der Waals surface area contributed by atoms with Crippen LogP contribution in [0.2, 0.25) is 17.3 Å². The van der Waals surface area contributed by atoms with Crippen LogP contribution in [-0.4, -0.2) is 13.3 Å². The van der Waals surface area contributed by atoms with E-state index in [-0.39, 0.29) is 0 Å². The molecule has 0 saturated carbocycles. The van der Waals surface area contributed by atoms with E-state index in [1.165, 1.54) is 25.7 Å². The zero-order valence-electron chi connectivity index (χ0n) is 7.91. The fraction of sp³-hybridized carbons (Fsp3) is 0.889. The van der Waals surface area contributed by atoms with Gasteiger partial charge in [-0.25, -0.2) is 0 Å². The van der Waals surface area contributed by atoms with Gasteiger partial charge >= 0.3 is 68.4 Å². The molecule has 0 atom stereocenters. The Balaban J connectivity index is 3.04. The minimum atomic E-state index is -1.27. The second-order valence-electron chi connectivity index (χ2n) is 4.07. The molecule has 1 heteroatoms. The van der Waals surface area contributed by atoms with Gasteiger partial charge in [0.2, 0.25) is 0 Å². The van der Waals surface area contributed by atoms with Crippen molar-refractivity contribution in [2.24, 2.45) is 0 Å². The van der Waals surface area contributed by atoms with Crippen LogP contribution in [0.4, 0.5) is 0 Å². The number of hydrogen-bond donors (Lipinski definition) is 0. The Morgan fingerprint density at radius 1 is 1.10 bits per heavy atom. The maximum atomic E-state index is 2.61. The summed E-state index contributed by atoms with van der Waals surface area (Å²) in [7, 11) is 0. The van der Waals surface area contributed by atoms with E-state index in [1.54, 1.807) is 0 Å². The van der Waals surface area contributed by atoms with Crippen LogP contribution < -0.4 is 0 Å². The summed E-state index contributed by atoms with van der Waals surface area (Å²) in [5.41, 5.74) is 0. The minimum absolute atomic E-state index is 1.27. The average molecular weight is 202 g/mol. The summed E-state index contributed by atoms with van der Waals surface area (Å²) in [5, 5.41) is 2.61. The molecular formula is C9H21Ge. The summed E-state index contributed by atoms with van der Waals surface area (Å²) < 4.78 is 0. The van der Waals surface area contributed by atoms with Crippen molar-refractivity contribution in [1.29, 1.82) is 0 Å². The Labute approximate surface area is 68.8 Å². The molecule has 0 rings (SSSR count). The van der Waals surface area contributed by atoms with Crippen molar-refractivity contribution in [3.8, 4) is 0 Å². The van der Waals surface area contributed by atoms with Gasteiger partial charge in [0, 0.05) is 0 Å². The van der Waals surface area contributed by atoms with Crippen molar-refractivity contribution in [1.82, 2.24) is 0 Å². The Morgan fingerprint density at radius 3 is 2.10 bits per heavy atom. The van der Waals surface area contributed by atoms with Crippen LogP contribution in [0.1, 0.15) is 32.6 Å². The Bertz CT molecular complexity index is 71.3. The Hall–Kier alpha value is 0.543. The van der Waals surface area contributed by atoms with Gasteiger partial charge in [0.25, 0.3) is 0 Å². The van der Waals surface area contributed by atoms with Crippen molar-refractivity contribution < 1.29 is 0 Å². The summed E-state index contributed by atoms with van der Waals surface area (Å²) in [6.07, 6.45) is 5.55. The van der Waals surface area contributed by atoms with Crippen molar-refractivity contribution in [3.63, 3.8) is 0 Å². The molecule has 0 saturated heterocycles. The van der Waals surface area contributed by atoms with Gasteiger partial charge < -0.3 is 0 Å². The fourth-order valence-corrected chi connectivity index (χ4v) is 3.17. The first-order valence-electron chi connectivity index (χ1n) is 4.40. The average Bonchev–Trinajstić information content (AvgIpc) is 1.78. The van der Waals surface area contributed by atoms with Gasteiger partial charge in [-0.3, -0.25) is 0 Å². The fourth-order valence-electron chi connectivity index (χ4n) is 0.929. The molecule has 0 fully saturated rings. The van der Waals surface area contributed by atoms with Gasteiger partial charge in [-0.2, -0.15) is 0 Å². The normalized spacial score (nSPS) is 12.0. The second kappa shape index (κ2) is 5.23. The van der Waals surface area contributed by atoms with Crippen LogP contribution in [0.15, 0.2) is 0 Å². The van der Waals surface area contributed by atoms with E-state index in [4.69, 9.17) is 0 Å². The van der Waals surface area contributed by atoms with E-state index in [0.717, 1.165) is 0 Å². The summed E-state index contributed by atoms with van der Waals surface area (Å²) in [4.78, 5) is 0. The first kappa shape index (κ1) is 10.5. The van der Waals surface area contributed by atoms with E-state index >= 15 is 0 Å². The molecule has 0 N–H and O–H groups in total. The van der Waals surface area contributed by atoms with E-state index < -0.39 is 13.3 Å². The molecule has 0 aromatic heterocycles. The van der Waals surface area contributed by atoms with E-state index in [2.05, 4.69) is 29.4 Å². The van der Waals surface area contributed by atoms with E-state index in [1.807, 2.05) is 0 Å². The topological polar surface area (TPSA) is 0 Å². The molecule has 0 aliphatic rings. The van der Waals surface area contributed by atoms with Crippen molar-refractivity contribution in [3.05, 3.63) is 5.25 Å². The predicted octanol–water partition coefficient (Wildman–Crippen LogP) is 3.65. The molecule has 0 aromatic rings. The Morgan fingerprint density at radius 2 is 1.70 bits per heavy atom. The van der Waals surface area contributed by atoms with Crippen LogP contribution in [0.25, 0.3) is 0 Å². The molecule has 0 nitrogen and oxygen atoms in total. The summed E-state index contributed by atoms with van der Waals surface area (Å²) in [6, 6.07) is 0. The molecule has 1 radical (unpaired) electrons. The standard InChI is InChI=1S/C9H21Ge/c1-5-6-7-8-9-10(2,3)4/h9H,5-8H2,1-4H3. The maximum absolute atomic E-state index is 2.61. The summed E-state index contributed by atoms with van der Waals surface area (Å²) in [5.74, 6) is 7.35. The van der Waals surface area contributed by atoms with E-state index in [0.29, 0.717) is 0 Å². The van der Waals surface area contributed by atoms with Crippen LogP contribution in [0, 0.1) is 5.25 Å². The third-order valence-corrected chi connectivity index (χ3v) is 4.74. The monoisotopic (exact) mass is 203 g/mol. The first-order valence-corrected chi connectivity index (χ1v) is 11.9. The van der Waals surface area contributed by atoms with Crippen molar-refractivity contribution >= 4 is 13.3 Å². The van der Waals surface area contributed by atoms with Crippen LogP contribution in [0.5, 0.6) is 0 Å². The molecule has 0 unspecified atom stereocenters. The van der Waals surface area contributed by atoms with Gasteiger partial charge in [-0.15, -0.1) is 0 Å². The molecule has 0 heterocycles. The van der Waals surface area contributed by atoms with Crippen LogP contribution >= 0.6 is 0 Å².